The molecule has 1 heterocycles. The maximum atomic E-state index is 12.3. The van der Waals surface area contributed by atoms with E-state index < -0.39 is 22.6 Å². The van der Waals surface area contributed by atoms with Crippen LogP contribution in [0.1, 0.15) is 24.2 Å². The van der Waals surface area contributed by atoms with E-state index in [-0.39, 0.29) is 34.3 Å². The molecule has 1 saturated heterocycles. The molecule has 150 valence electrons. The Bertz CT molecular complexity index is 799. The van der Waals surface area contributed by atoms with Gasteiger partial charge in [0.05, 0.1) is 24.9 Å². The summed E-state index contributed by atoms with van der Waals surface area (Å²) in [6, 6.07) is 3.88. The second-order valence-electron chi connectivity index (χ2n) is 6.21. The number of rotatable bonds is 6. The second kappa shape index (κ2) is 8.68. The number of benzene rings is 1. The highest BCUT2D eigenvalue weighted by molar-refractivity contribution is 7.89. The molecule has 1 aromatic rings. The van der Waals surface area contributed by atoms with Gasteiger partial charge in [-0.2, -0.15) is 0 Å². The number of nitrogens with zero attached hydrogens (tertiary/aromatic N) is 1. The number of nitrogens with one attached hydrogen (secondary N) is 1. The van der Waals surface area contributed by atoms with Crippen LogP contribution in [0.3, 0.4) is 0 Å². The van der Waals surface area contributed by atoms with Crippen molar-refractivity contribution in [2.45, 2.75) is 31.0 Å². The maximum Gasteiger partial charge on any atom is 0.338 e. The number of amides is 1. The zero-order chi connectivity index (χ0) is 20.2. The van der Waals surface area contributed by atoms with E-state index in [1.807, 2.05) is 13.8 Å². The van der Waals surface area contributed by atoms with E-state index in [0.29, 0.717) is 13.1 Å². The van der Waals surface area contributed by atoms with Crippen molar-refractivity contribution in [3.8, 4) is 5.75 Å². The third-order valence-corrected chi connectivity index (χ3v) is 5.49. The van der Waals surface area contributed by atoms with E-state index in [2.05, 4.69) is 4.72 Å². The lowest BCUT2D eigenvalue weighted by molar-refractivity contribution is -0.146. The maximum absolute atomic E-state index is 12.3. The summed E-state index contributed by atoms with van der Waals surface area (Å²) in [4.78, 5) is 25.9. The molecule has 0 aliphatic carbocycles. The van der Waals surface area contributed by atoms with Crippen molar-refractivity contribution in [3.63, 3.8) is 0 Å². The first-order valence-electron chi connectivity index (χ1n) is 8.40. The Labute approximate surface area is 158 Å². The first-order valence-corrected chi connectivity index (χ1v) is 9.88. The van der Waals surface area contributed by atoms with E-state index in [0.717, 1.165) is 6.07 Å². The molecule has 0 bridgehead atoms. The largest absolute Gasteiger partial charge is 0.495 e. The topological polar surface area (TPSA) is 111 Å². The van der Waals surface area contributed by atoms with E-state index in [9.17, 15) is 18.0 Å². The first-order chi connectivity index (χ1) is 12.7. The third-order valence-electron chi connectivity index (χ3n) is 4.06. The molecule has 0 saturated carbocycles. The number of ether oxygens (including phenoxy) is 3. The zero-order valence-electron chi connectivity index (χ0n) is 15.7. The van der Waals surface area contributed by atoms with Gasteiger partial charge in [-0.1, -0.05) is 0 Å². The van der Waals surface area contributed by atoms with Crippen molar-refractivity contribution in [2.75, 3.05) is 33.9 Å². The molecule has 0 unspecified atom stereocenters. The van der Waals surface area contributed by atoms with Crippen molar-refractivity contribution in [3.05, 3.63) is 23.8 Å². The van der Waals surface area contributed by atoms with Gasteiger partial charge in [-0.25, -0.2) is 17.9 Å². The molecule has 2 atom stereocenters. The summed E-state index contributed by atoms with van der Waals surface area (Å²) >= 11 is 0. The Morgan fingerprint density at radius 2 is 1.89 bits per heavy atom. The lowest BCUT2D eigenvalue weighted by atomic mass is 10.2. The molecule has 1 amide bonds. The first kappa shape index (κ1) is 21.1. The fourth-order valence-corrected chi connectivity index (χ4v) is 3.73. The van der Waals surface area contributed by atoms with Crippen LogP contribution in [0.5, 0.6) is 5.75 Å². The van der Waals surface area contributed by atoms with E-state index >= 15 is 0 Å². The van der Waals surface area contributed by atoms with Gasteiger partial charge in [-0.15, -0.1) is 0 Å². The summed E-state index contributed by atoms with van der Waals surface area (Å²) < 4.78 is 42.0. The van der Waals surface area contributed by atoms with Gasteiger partial charge in [0, 0.05) is 13.1 Å². The van der Waals surface area contributed by atoms with Crippen LogP contribution in [-0.2, 0) is 24.3 Å². The number of hydrogen-bond acceptors (Lipinski definition) is 7. The minimum atomic E-state index is -3.83. The molecule has 2 rings (SSSR count). The van der Waals surface area contributed by atoms with Crippen molar-refractivity contribution < 1.29 is 32.2 Å². The number of esters is 1. The SMILES string of the molecule is CNS(=O)(=O)c1cc(C(=O)OCC(=O)N2C[C@H](C)O[C@@H](C)C2)ccc1OC. The van der Waals surface area contributed by atoms with Gasteiger partial charge in [0.2, 0.25) is 10.0 Å². The number of carbonyl (C=O) groups is 2. The number of carbonyl (C=O) groups excluding carboxylic acids is 2. The predicted molar refractivity (Wildman–Crippen MR) is 96.1 cm³/mol. The molecular formula is C17H24N2O7S. The number of morpholine rings is 1. The van der Waals surface area contributed by atoms with E-state index in [4.69, 9.17) is 14.2 Å². The minimum absolute atomic E-state index is 0.00105. The van der Waals surface area contributed by atoms with Crippen LogP contribution < -0.4 is 9.46 Å². The van der Waals surface area contributed by atoms with Crippen molar-refractivity contribution in [2.24, 2.45) is 0 Å². The predicted octanol–water partition coefficient (Wildman–Crippen LogP) is 0.396. The molecular weight excluding hydrogens is 376 g/mol. The van der Waals surface area contributed by atoms with Gasteiger partial charge in [0.25, 0.3) is 5.91 Å². The summed E-state index contributed by atoms with van der Waals surface area (Å²) in [5.74, 6) is -1.04. The smallest absolute Gasteiger partial charge is 0.338 e. The van der Waals surface area contributed by atoms with Gasteiger partial charge < -0.3 is 19.1 Å². The number of sulfonamides is 1. The Balaban J connectivity index is 2.08. The Morgan fingerprint density at radius 3 is 2.44 bits per heavy atom. The van der Waals surface area contributed by atoms with Crippen molar-refractivity contribution in [1.82, 2.24) is 9.62 Å². The quantitative estimate of drug-likeness (QED) is 0.688. The molecule has 1 N–H and O–H groups in total. The lowest BCUT2D eigenvalue weighted by Crippen LogP contribution is -2.49. The van der Waals surface area contributed by atoms with Crippen molar-refractivity contribution in [1.29, 1.82) is 0 Å². The van der Waals surface area contributed by atoms with Gasteiger partial charge >= 0.3 is 5.97 Å². The summed E-state index contributed by atoms with van der Waals surface area (Å²) in [6.07, 6.45) is -0.186. The minimum Gasteiger partial charge on any atom is -0.495 e. The average Bonchev–Trinajstić information content (AvgIpc) is 2.64. The Hall–Kier alpha value is -2.17. The highest BCUT2D eigenvalue weighted by Gasteiger charge is 2.27. The molecule has 1 aliphatic rings. The van der Waals surface area contributed by atoms with Crippen LogP contribution >= 0.6 is 0 Å². The summed E-state index contributed by atoms with van der Waals surface area (Å²) in [7, 11) is -1.25. The normalized spacial score (nSPS) is 20.2. The van der Waals surface area contributed by atoms with Crippen LogP contribution in [0.4, 0.5) is 0 Å². The highest BCUT2D eigenvalue weighted by atomic mass is 32.2. The Morgan fingerprint density at radius 1 is 1.26 bits per heavy atom. The standard InChI is InChI=1S/C17H24N2O7S/c1-11-8-19(9-12(2)26-11)16(20)10-25-17(21)13-5-6-14(24-4)15(7-13)27(22,23)18-3/h5-7,11-12,18H,8-10H2,1-4H3/t11-,12-/m0/s1. The van der Waals surface area contributed by atoms with Crippen LogP contribution in [0.15, 0.2) is 23.1 Å². The fourth-order valence-electron chi connectivity index (χ4n) is 2.81. The zero-order valence-corrected chi connectivity index (χ0v) is 16.5. The van der Waals surface area contributed by atoms with Gasteiger partial charge in [-0.05, 0) is 39.1 Å². The number of methoxy groups -OCH3 is 1. The Kier molecular flexibility index (Phi) is 6.79. The molecule has 0 radical (unpaired) electrons. The summed E-state index contributed by atoms with van der Waals surface area (Å²) in [6.45, 7) is 4.14. The molecule has 10 heteroatoms. The van der Waals surface area contributed by atoms with Crippen molar-refractivity contribution >= 4 is 21.9 Å². The van der Waals surface area contributed by atoms with E-state index in [1.54, 1.807) is 4.90 Å². The van der Waals surface area contributed by atoms with E-state index in [1.165, 1.54) is 26.3 Å². The summed E-state index contributed by atoms with van der Waals surface area (Å²) in [5.41, 5.74) is 0.00105. The second-order valence-corrected chi connectivity index (χ2v) is 8.06. The molecule has 27 heavy (non-hydrogen) atoms. The molecule has 0 spiro atoms. The van der Waals surface area contributed by atoms with Crippen LogP contribution in [0, 0.1) is 0 Å². The van der Waals surface area contributed by atoms with Gasteiger partial charge in [0.1, 0.15) is 10.6 Å². The van der Waals surface area contributed by atoms with Crippen LogP contribution in [0.2, 0.25) is 0 Å². The molecule has 9 nitrogen and oxygen atoms in total. The third kappa shape index (κ3) is 5.18. The average molecular weight is 400 g/mol. The molecule has 1 fully saturated rings. The molecule has 1 aromatic carbocycles. The number of hydrogen-bond donors (Lipinski definition) is 1. The highest BCUT2D eigenvalue weighted by Crippen LogP contribution is 2.25. The van der Waals surface area contributed by atoms with Gasteiger partial charge in [-0.3, -0.25) is 4.79 Å². The summed E-state index contributed by atoms with van der Waals surface area (Å²) in [5, 5.41) is 0. The monoisotopic (exact) mass is 400 g/mol. The fraction of sp³-hybridized carbons (Fsp3) is 0.529. The van der Waals surface area contributed by atoms with Gasteiger partial charge in [0.15, 0.2) is 6.61 Å². The lowest BCUT2D eigenvalue weighted by Gasteiger charge is -2.35. The van der Waals surface area contributed by atoms with Crippen LogP contribution in [-0.4, -0.2) is 71.3 Å². The molecule has 0 aromatic heterocycles. The molecule has 1 aliphatic heterocycles. The van der Waals surface area contributed by atoms with Crippen LogP contribution in [0.25, 0.3) is 0 Å².